The number of carbonyl (C=O) groups is 4. The number of nitrogens with zero attached hydrogens (tertiary/aromatic N) is 1. The predicted molar refractivity (Wildman–Crippen MR) is 192 cm³/mol. The van der Waals surface area contributed by atoms with Crippen LogP contribution >= 0.6 is 0 Å². The first-order valence-electron chi connectivity index (χ1n) is 17.8. The first kappa shape index (κ1) is 32.6. The second kappa shape index (κ2) is 13.0. The molecule has 1 N–H and O–H groups in total. The van der Waals surface area contributed by atoms with Crippen LogP contribution in [0.4, 0.5) is 0 Å². The van der Waals surface area contributed by atoms with Gasteiger partial charge >= 0.3 is 0 Å². The molecule has 4 aliphatic rings. The standard InChI is InChI=1S/C44H39NO6/c1-2-22-45-42(49)33-21-20-31-35(39(33)43(45)50)24-36-41(48)34(28-14-8-4-9-15-28)25-38(47)44(36,29-16-10-5-11-17-29)40(31)32-19-18-30(23-37(32)46)51-26-27-12-6-3-7-13-27/h3-20,23,25,33,35-36,39-40,46H,2,21-22,24,26H2,1H3/t33-,35+,36-,39-,40+,44-/m0/s1. The van der Waals surface area contributed by atoms with E-state index in [4.69, 9.17) is 4.74 Å². The number of ether oxygens (including phenoxy) is 1. The number of fused-ring (bicyclic) bond motifs is 4. The van der Waals surface area contributed by atoms with Gasteiger partial charge in [-0.2, -0.15) is 0 Å². The van der Waals surface area contributed by atoms with Crippen molar-refractivity contribution in [1.82, 2.24) is 4.90 Å². The summed E-state index contributed by atoms with van der Waals surface area (Å²) < 4.78 is 6.06. The number of Topliss-reactive ketones (excluding diaryl/α,β-unsaturated/α-hetero) is 1. The van der Waals surface area contributed by atoms with Crippen LogP contribution in [0.15, 0.2) is 127 Å². The molecule has 2 amide bonds. The number of carbonyl (C=O) groups excluding carboxylic acids is 4. The number of benzene rings is 4. The van der Waals surface area contributed by atoms with Gasteiger partial charge in [0.2, 0.25) is 11.8 Å². The van der Waals surface area contributed by atoms with E-state index >= 15 is 9.59 Å². The zero-order valence-corrected chi connectivity index (χ0v) is 28.4. The third kappa shape index (κ3) is 5.17. The summed E-state index contributed by atoms with van der Waals surface area (Å²) in [5.41, 5.74) is 2.53. The Bertz CT molecular complexity index is 2090. The van der Waals surface area contributed by atoms with Gasteiger partial charge < -0.3 is 9.84 Å². The lowest BCUT2D eigenvalue weighted by Crippen LogP contribution is -2.58. The molecular weight excluding hydrogens is 638 g/mol. The number of ketones is 2. The van der Waals surface area contributed by atoms with Crippen molar-refractivity contribution in [2.75, 3.05) is 6.54 Å². The largest absolute Gasteiger partial charge is 0.508 e. The lowest BCUT2D eigenvalue weighted by atomic mass is 9.44. The predicted octanol–water partition coefficient (Wildman–Crippen LogP) is 7.21. The lowest BCUT2D eigenvalue weighted by Gasteiger charge is -2.55. The highest BCUT2D eigenvalue weighted by molar-refractivity contribution is 6.31. The molecule has 1 aliphatic heterocycles. The minimum Gasteiger partial charge on any atom is -0.508 e. The van der Waals surface area contributed by atoms with E-state index in [2.05, 4.69) is 0 Å². The maximum absolute atomic E-state index is 15.2. The number of rotatable bonds is 8. The molecule has 256 valence electrons. The van der Waals surface area contributed by atoms with E-state index in [0.29, 0.717) is 54.0 Å². The Morgan fingerprint density at radius 3 is 2.20 bits per heavy atom. The van der Waals surface area contributed by atoms with Gasteiger partial charge in [-0.25, -0.2) is 0 Å². The molecular formula is C44H39NO6. The van der Waals surface area contributed by atoms with Crippen molar-refractivity contribution in [2.24, 2.45) is 23.7 Å². The molecule has 8 rings (SSSR count). The van der Waals surface area contributed by atoms with Crippen molar-refractivity contribution in [2.45, 2.75) is 44.1 Å². The highest BCUT2D eigenvalue weighted by Crippen LogP contribution is 2.64. The molecule has 3 aliphatic carbocycles. The number of hydrogen-bond acceptors (Lipinski definition) is 6. The molecule has 0 unspecified atom stereocenters. The summed E-state index contributed by atoms with van der Waals surface area (Å²) in [4.78, 5) is 59.3. The minimum atomic E-state index is -1.41. The van der Waals surface area contributed by atoms with E-state index in [9.17, 15) is 14.7 Å². The monoisotopic (exact) mass is 677 g/mol. The van der Waals surface area contributed by atoms with Crippen LogP contribution in [0.1, 0.15) is 54.4 Å². The molecule has 1 saturated heterocycles. The fourth-order valence-corrected chi connectivity index (χ4v) is 9.33. The number of likely N-dealkylation sites (tertiary alicyclic amines) is 1. The number of phenols is 1. The Labute approximate surface area is 297 Å². The normalized spacial score (nSPS) is 26.9. The van der Waals surface area contributed by atoms with Crippen molar-refractivity contribution in [3.05, 3.63) is 149 Å². The topological polar surface area (TPSA) is 101 Å². The van der Waals surface area contributed by atoms with Gasteiger partial charge in [0, 0.05) is 35.6 Å². The summed E-state index contributed by atoms with van der Waals surface area (Å²) in [5, 5.41) is 11.9. The average Bonchev–Trinajstić information content (AvgIpc) is 3.41. The molecule has 0 radical (unpaired) electrons. The van der Waals surface area contributed by atoms with E-state index in [1.807, 2.05) is 104 Å². The summed E-state index contributed by atoms with van der Waals surface area (Å²) in [6.07, 6.45) is 4.73. The van der Waals surface area contributed by atoms with Crippen LogP contribution in [0, 0.1) is 23.7 Å². The number of amides is 2. The molecule has 51 heavy (non-hydrogen) atoms. The number of allylic oxidation sites excluding steroid dienone is 4. The van der Waals surface area contributed by atoms with Crippen LogP contribution in [0.5, 0.6) is 11.5 Å². The Kier molecular flexibility index (Phi) is 8.29. The lowest BCUT2D eigenvalue weighted by molar-refractivity contribution is -0.140. The fraction of sp³-hybridized carbons (Fsp3) is 0.273. The molecule has 4 aromatic carbocycles. The quantitative estimate of drug-likeness (QED) is 0.156. The average molecular weight is 678 g/mol. The summed E-state index contributed by atoms with van der Waals surface area (Å²) in [5.74, 6) is -3.71. The first-order valence-corrected chi connectivity index (χ1v) is 17.8. The first-order chi connectivity index (χ1) is 24.8. The van der Waals surface area contributed by atoms with Crippen molar-refractivity contribution in [3.8, 4) is 11.5 Å². The van der Waals surface area contributed by atoms with Crippen LogP contribution < -0.4 is 4.74 Å². The molecule has 1 heterocycles. The Balaban J connectivity index is 1.32. The summed E-state index contributed by atoms with van der Waals surface area (Å²) >= 11 is 0. The van der Waals surface area contributed by atoms with Crippen molar-refractivity contribution in [1.29, 1.82) is 0 Å². The van der Waals surface area contributed by atoms with Crippen LogP contribution in [0.25, 0.3) is 5.57 Å². The third-order valence-electron chi connectivity index (χ3n) is 11.5. The van der Waals surface area contributed by atoms with Gasteiger partial charge in [0.05, 0.1) is 17.3 Å². The second-order valence-electron chi connectivity index (χ2n) is 14.1. The molecule has 0 spiro atoms. The van der Waals surface area contributed by atoms with Crippen LogP contribution in [-0.2, 0) is 31.2 Å². The van der Waals surface area contributed by atoms with Gasteiger partial charge in [0.25, 0.3) is 0 Å². The van der Waals surface area contributed by atoms with E-state index in [-0.39, 0.29) is 35.6 Å². The van der Waals surface area contributed by atoms with Crippen molar-refractivity contribution in [3.63, 3.8) is 0 Å². The van der Waals surface area contributed by atoms with Gasteiger partial charge in [0.15, 0.2) is 11.6 Å². The molecule has 7 nitrogen and oxygen atoms in total. The van der Waals surface area contributed by atoms with Crippen LogP contribution in [-0.4, -0.2) is 39.9 Å². The molecule has 7 heteroatoms. The molecule has 6 atom stereocenters. The highest BCUT2D eigenvalue weighted by Gasteiger charge is 2.66. The zero-order valence-electron chi connectivity index (χ0n) is 28.4. The minimum absolute atomic E-state index is 0.0668. The number of aromatic hydroxyl groups is 1. The number of hydrogen-bond donors (Lipinski definition) is 1. The fourth-order valence-electron chi connectivity index (χ4n) is 9.33. The summed E-state index contributed by atoms with van der Waals surface area (Å²) in [6, 6.07) is 33.5. The highest BCUT2D eigenvalue weighted by atomic mass is 16.5. The smallest absolute Gasteiger partial charge is 0.233 e. The maximum Gasteiger partial charge on any atom is 0.233 e. The Hall–Kier alpha value is -5.56. The van der Waals surface area contributed by atoms with E-state index in [1.54, 1.807) is 18.2 Å². The molecule has 1 saturated carbocycles. The van der Waals surface area contributed by atoms with Crippen LogP contribution in [0.3, 0.4) is 0 Å². The molecule has 2 fully saturated rings. The number of phenolic OH excluding ortho intramolecular Hbond substituents is 1. The maximum atomic E-state index is 15.2. The van der Waals surface area contributed by atoms with Gasteiger partial charge in [-0.1, -0.05) is 116 Å². The van der Waals surface area contributed by atoms with Gasteiger partial charge in [-0.3, -0.25) is 24.1 Å². The SMILES string of the molecule is CCCN1C(=O)[C@H]2[C@H](CC=C3[C@H]2C[C@H]2C(=O)C(c4ccccc4)=CC(=O)[C@@]2(c2ccccc2)[C@H]3c2ccc(OCc3ccccc3)cc2O)C1=O. The van der Waals surface area contributed by atoms with Crippen LogP contribution in [0.2, 0.25) is 0 Å². The van der Waals surface area contributed by atoms with E-state index in [1.165, 1.54) is 11.0 Å². The molecule has 4 aromatic rings. The number of imide groups is 1. The zero-order chi connectivity index (χ0) is 35.3. The third-order valence-corrected chi connectivity index (χ3v) is 11.5. The van der Waals surface area contributed by atoms with Gasteiger partial charge in [0.1, 0.15) is 18.1 Å². The Morgan fingerprint density at radius 2 is 1.51 bits per heavy atom. The van der Waals surface area contributed by atoms with Gasteiger partial charge in [-0.05, 0) is 54.0 Å². The van der Waals surface area contributed by atoms with Crippen molar-refractivity contribution < 1.29 is 29.0 Å². The van der Waals surface area contributed by atoms with E-state index in [0.717, 1.165) is 11.1 Å². The Morgan fingerprint density at radius 1 is 0.824 bits per heavy atom. The molecule has 0 bridgehead atoms. The summed E-state index contributed by atoms with van der Waals surface area (Å²) in [6.45, 7) is 2.59. The second-order valence-corrected chi connectivity index (χ2v) is 14.1. The van der Waals surface area contributed by atoms with E-state index < -0.39 is 35.0 Å². The molecule has 0 aromatic heterocycles. The summed E-state index contributed by atoms with van der Waals surface area (Å²) in [7, 11) is 0. The van der Waals surface area contributed by atoms with Gasteiger partial charge in [-0.15, -0.1) is 0 Å². The van der Waals surface area contributed by atoms with Crippen molar-refractivity contribution >= 4 is 29.0 Å².